The second kappa shape index (κ2) is 8.34. The van der Waals surface area contributed by atoms with Crippen molar-refractivity contribution in [2.75, 3.05) is 7.05 Å². The van der Waals surface area contributed by atoms with Gasteiger partial charge in [0, 0.05) is 30.1 Å². The predicted molar refractivity (Wildman–Crippen MR) is 101 cm³/mol. The third-order valence-corrected chi connectivity index (χ3v) is 4.90. The average Bonchev–Trinajstić information content (AvgIpc) is 2.51. The van der Waals surface area contributed by atoms with Gasteiger partial charge in [0.2, 0.25) is 0 Å². The van der Waals surface area contributed by atoms with Crippen LogP contribution in [0.15, 0.2) is 28.7 Å². The van der Waals surface area contributed by atoms with Gasteiger partial charge >= 0.3 is 6.09 Å². The molecule has 0 aromatic heterocycles. The second-order valence-electron chi connectivity index (χ2n) is 7.61. The minimum atomic E-state index is -0.436. The number of hydrogen-bond donors (Lipinski definition) is 1. The van der Waals surface area contributed by atoms with E-state index in [9.17, 15) is 4.79 Å². The molecule has 1 aromatic carbocycles. The van der Waals surface area contributed by atoms with Crippen LogP contribution < -0.4 is 5.32 Å². The van der Waals surface area contributed by atoms with Crippen molar-refractivity contribution < 1.29 is 9.53 Å². The van der Waals surface area contributed by atoms with E-state index in [1.807, 2.05) is 33.9 Å². The molecular formula is C19H29BrN2O2. The highest BCUT2D eigenvalue weighted by molar-refractivity contribution is 9.10. The summed E-state index contributed by atoms with van der Waals surface area (Å²) in [5.74, 6) is 0. The number of ether oxygens (including phenoxy) is 1. The smallest absolute Gasteiger partial charge is 0.410 e. The van der Waals surface area contributed by atoms with Crippen LogP contribution in [-0.4, -0.2) is 35.7 Å². The van der Waals surface area contributed by atoms with E-state index in [-0.39, 0.29) is 12.1 Å². The Kier molecular flexibility index (Phi) is 6.70. The van der Waals surface area contributed by atoms with E-state index < -0.39 is 5.60 Å². The zero-order valence-electron chi connectivity index (χ0n) is 15.1. The van der Waals surface area contributed by atoms with Crippen LogP contribution in [0.25, 0.3) is 0 Å². The Hall–Kier alpha value is -1.07. The molecule has 0 bridgehead atoms. The normalized spacial score (nSPS) is 21.4. The standard InChI is InChI=1S/C19H29BrN2O2/c1-19(2,3)24-18(23)22(4)17-10-8-16(9-11-17)21-13-14-6-5-7-15(20)12-14/h5-7,12,16-17,21H,8-11,13H2,1-4H3. The van der Waals surface area contributed by atoms with Gasteiger partial charge in [-0.1, -0.05) is 28.1 Å². The maximum atomic E-state index is 12.2. The van der Waals surface area contributed by atoms with E-state index in [2.05, 4.69) is 39.4 Å². The van der Waals surface area contributed by atoms with E-state index >= 15 is 0 Å². The van der Waals surface area contributed by atoms with Gasteiger partial charge in [-0.25, -0.2) is 4.79 Å². The SMILES string of the molecule is CN(C(=O)OC(C)(C)C)C1CCC(NCc2cccc(Br)c2)CC1. The fourth-order valence-electron chi connectivity index (χ4n) is 3.06. The molecule has 134 valence electrons. The van der Waals surface area contributed by atoms with Crippen LogP contribution >= 0.6 is 15.9 Å². The summed E-state index contributed by atoms with van der Waals surface area (Å²) in [5.41, 5.74) is 0.853. The molecule has 24 heavy (non-hydrogen) atoms. The van der Waals surface area contributed by atoms with E-state index in [4.69, 9.17) is 4.74 Å². The largest absolute Gasteiger partial charge is 0.444 e. The Balaban J connectivity index is 1.75. The van der Waals surface area contributed by atoms with E-state index in [0.717, 1.165) is 36.7 Å². The van der Waals surface area contributed by atoms with Gasteiger partial charge < -0.3 is 15.0 Å². The number of carbonyl (C=O) groups excluding carboxylic acids is 1. The molecule has 4 nitrogen and oxygen atoms in total. The molecule has 1 fully saturated rings. The molecule has 1 N–H and O–H groups in total. The zero-order valence-corrected chi connectivity index (χ0v) is 16.7. The summed E-state index contributed by atoms with van der Waals surface area (Å²) in [6.45, 7) is 6.60. The molecule has 0 heterocycles. The Labute approximate surface area is 154 Å². The van der Waals surface area contributed by atoms with Crippen molar-refractivity contribution in [1.82, 2.24) is 10.2 Å². The first kappa shape index (κ1) is 19.3. The number of nitrogens with zero attached hydrogens (tertiary/aromatic N) is 1. The molecule has 1 aromatic rings. The molecule has 1 aliphatic rings. The highest BCUT2D eigenvalue weighted by Crippen LogP contribution is 2.24. The number of amides is 1. The number of halogens is 1. The Bertz CT molecular complexity index is 549. The second-order valence-corrected chi connectivity index (χ2v) is 8.52. The third-order valence-electron chi connectivity index (χ3n) is 4.41. The molecular weight excluding hydrogens is 368 g/mol. The van der Waals surface area contributed by atoms with Crippen molar-refractivity contribution in [3.8, 4) is 0 Å². The molecule has 1 amide bonds. The topological polar surface area (TPSA) is 41.6 Å². The van der Waals surface area contributed by atoms with Gasteiger partial charge in [0.15, 0.2) is 0 Å². The molecule has 0 unspecified atom stereocenters. The molecule has 0 radical (unpaired) electrons. The lowest BCUT2D eigenvalue weighted by Crippen LogP contribution is -2.44. The highest BCUT2D eigenvalue weighted by atomic mass is 79.9. The van der Waals surface area contributed by atoms with Crippen molar-refractivity contribution in [3.63, 3.8) is 0 Å². The maximum Gasteiger partial charge on any atom is 0.410 e. The van der Waals surface area contributed by atoms with Crippen molar-refractivity contribution in [2.24, 2.45) is 0 Å². The molecule has 0 atom stereocenters. The van der Waals surface area contributed by atoms with Gasteiger partial charge in [-0.2, -0.15) is 0 Å². The molecule has 1 aliphatic carbocycles. The van der Waals surface area contributed by atoms with Gasteiger partial charge in [-0.3, -0.25) is 0 Å². The number of hydrogen-bond acceptors (Lipinski definition) is 3. The van der Waals surface area contributed by atoms with Crippen molar-refractivity contribution >= 4 is 22.0 Å². The average molecular weight is 397 g/mol. The van der Waals surface area contributed by atoms with E-state index in [0.29, 0.717) is 6.04 Å². The van der Waals surface area contributed by atoms with Crippen molar-refractivity contribution in [3.05, 3.63) is 34.3 Å². The summed E-state index contributed by atoms with van der Waals surface area (Å²) in [5, 5.41) is 3.64. The van der Waals surface area contributed by atoms with Gasteiger partial charge in [0.05, 0.1) is 0 Å². The number of rotatable bonds is 4. The van der Waals surface area contributed by atoms with Crippen molar-refractivity contribution in [2.45, 2.75) is 70.7 Å². The van der Waals surface area contributed by atoms with Crippen LogP contribution in [0.1, 0.15) is 52.0 Å². The summed E-state index contributed by atoms with van der Waals surface area (Å²) >= 11 is 3.51. The quantitative estimate of drug-likeness (QED) is 0.800. The van der Waals surface area contributed by atoms with Gasteiger partial charge in [-0.05, 0) is 64.2 Å². The lowest BCUT2D eigenvalue weighted by atomic mass is 9.90. The Morgan fingerprint density at radius 1 is 1.29 bits per heavy atom. The predicted octanol–water partition coefficient (Wildman–Crippen LogP) is 4.72. The fraction of sp³-hybridized carbons (Fsp3) is 0.632. The summed E-state index contributed by atoms with van der Waals surface area (Å²) in [6.07, 6.45) is 4.00. The zero-order chi connectivity index (χ0) is 17.7. The minimum absolute atomic E-state index is 0.215. The van der Waals surface area contributed by atoms with E-state index in [1.165, 1.54) is 5.56 Å². The number of nitrogens with one attached hydrogen (secondary N) is 1. The summed E-state index contributed by atoms with van der Waals surface area (Å²) in [4.78, 5) is 13.9. The maximum absolute atomic E-state index is 12.2. The highest BCUT2D eigenvalue weighted by Gasteiger charge is 2.29. The first-order valence-corrected chi connectivity index (χ1v) is 9.47. The third kappa shape index (κ3) is 6.10. The molecule has 0 aliphatic heterocycles. The first-order valence-electron chi connectivity index (χ1n) is 8.68. The monoisotopic (exact) mass is 396 g/mol. The van der Waals surface area contributed by atoms with Crippen LogP contribution in [0.5, 0.6) is 0 Å². The molecule has 2 rings (SSSR count). The summed E-state index contributed by atoms with van der Waals surface area (Å²) in [6, 6.07) is 9.19. The van der Waals surface area contributed by atoms with Crippen LogP contribution in [0, 0.1) is 0 Å². The van der Waals surface area contributed by atoms with E-state index in [1.54, 1.807) is 4.90 Å². The number of carbonyl (C=O) groups is 1. The summed E-state index contributed by atoms with van der Waals surface area (Å²) in [7, 11) is 1.86. The van der Waals surface area contributed by atoms with Crippen LogP contribution in [0.3, 0.4) is 0 Å². The lowest BCUT2D eigenvalue weighted by molar-refractivity contribution is 0.0179. The van der Waals surface area contributed by atoms with Gasteiger partial charge in [-0.15, -0.1) is 0 Å². The van der Waals surface area contributed by atoms with Gasteiger partial charge in [0.1, 0.15) is 5.60 Å². The van der Waals surface area contributed by atoms with Crippen molar-refractivity contribution in [1.29, 1.82) is 0 Å². The molecule has 1 saturated carbocycles. The van der Waals surface area contributed by atoms with Crippen LogP contribution in [-0.2, 0) is 11.3 Å². The van der Waals surface area contributed by atoms with Gasteiger partial charge in [0.25, 0.3) is 0 Å². The summed E-state index contributed by atoms with van der Waals surface area (Å²) < 4.78 is 6.58. The van der Waals surface area contributed by atoms with Crippen LogP contribution in [0.4, 0.5) is 4.79 Å². The minimum Gasteiger partial charge on any atom is -0.444 e. The fourth-order valence-corrected chi connectivity index (χ4v) is 3.51. The molecule has 0 spiro atoms. The lowest BCUT2D eigenvalue weighted by Gasteiger charge is -2.35. The first-order chi connectivity index (χ1) is 11.2. The molecule has 5 heteroatoms. The Morgan fingerprint density at radius 3 is 2.54 bits per heavy atom. The van der Waals surface area contributed by atoms with Crippen LogP contribution in [0.2, 0.25) is 0 Å². The Morgan fingerprint density at radius 2 is 1.96 bits per heavy atom. The molecule has 0 saturated heterocycles. The number of benzene rings is 1.